The molecule has 184 valence electrons. The number of aromatic nitrogens is 2. The van der Waals surface area contributed by atoms with Gasteiger partial charge >= 0.3 is 22.8 Å². The molecule has 8 nitrogen and oxygen atoms in total. The van der Waals surface area contributed by atoms with E-state index >= 15 is 0 Å². The van der Waals surface area contributed by atoms with E-state index in [9.17, 15) is 9.90 Å². The lowest BCUT2D eigenvalue weighted by Crippen LogP contribution is -2.64. The zero-order valence-corrected chi connectivity index (χ0v) is 23.1. The van der Waals surface area contributed by atoms with Crippen LogP contribution in [0.3, 0.4) is 0 Å². The lowest BCUT2D eigenvalue weighted by Gasteiger charge is -2.50. The zero-order chi connectivity index (χ0) is 24.3. The van der Waals surface area contributed by atoms with Crippen LogP contribution in [0.4, 0.5) is 0 Å². The van der Waals surface area contributed by atoms with E-state index in [0.717, 1.165) is 0 Å². The first-order chi connectivity index (χ1) is 14.9. The summed E-state index contributed by atoms with van der Waals surface area (Å²) in [5.41, 5.74) is 1.07. The number of aryl methyl sites for hydroxylation is 1. The number of rotatable bonds is 8. The Morgan fingerprint density at radius 1 is 1.03 bits per heavy atom. The highest BCUT2D eigenvalue weighted by molar-refractivity contribution is 6.83. The van der Waals surface area contributed by atoms with Crippen molar-refractivity contribution in [3.63, 3.8) is 0 Å². The topological polar surface area (TPSA) is 92.0 Å². The summed E-state index contributed by atoms with van der Waals surface area (Å²) in [7, 11) is -5.34. The average Bonchev–Trinajstić information content (AvgIpc) is 2.68. The highest BCUT2D eigenvalue weighted by Gasteiger charge is 2.57. The summed E-state index contributed by atoms with van der Waals surface area (Å²) < 4.78 is 27.9. The van der Waals surface area contributed by atoms with Crippen molar-refractivity contribution in [2.75, 3.05) is 19.8 Å². The van der Waals surface area contributed by atoms with E-state index in [1.807, 2.05) is 0 Å². The van der Waals surface area contributed by atoms with Crippen molar-refractivity contribution >= 4 is 17.1 Å². The maximum absolute atomic E-state index is 12.4. The van der Waals surface area contributed by atoms with Crippen molar-refractivity contribution in [3.05, 3.63) is 28.4 Å². The molecule has 1 aromatic rings. The Kier molecular flexibility index (Phi) is 9.43. The number of ether oxygens (including phenoxy) is 1. The zero-order valence-electron chi connectivity index (χ0n) is 21.1. The summed E-state index contributed by atoms with van der Waals surface area (Å²) in [6, 6.07) is 1.72. The number of hydrogen-bond acceptors (Lipinski definition) is 7. The molecule has 0 saturated carbocycles. The van der Waals surface area contributed by atoms with Crippen LogP contribution in [-0.2, 0) is 17.7 Å². The Morgan fingerprint density at radius 3 is 1.88 bits per heavy atom. The minimum absolute atomic E-state index is 0.229. The molecule has 2 heterocycles. The summed E-state index contributed by atoms with van der Waals surface area (Å²) in [4.78, 5) is 16.3. The Balaban J connectivity index is 2.41. The molecule has 0 aliphatic carbocycles. The molecule has 0 spiro atoms. The fraction of sp³-hybridized carbons (Fsp3) is 0.818. The number of nitrogens with zero attached hydrogens (tertiary/aromatic N) is 2. The van der Waals surface area contributed by atoms with E-state index < -0.39 is 35.1 Å². The van der Waals surface area contributed by atoms with Crippen LogP contribution in [0.5, 0.6) is 0 Å². The first-order valence-electron chi connectivity index (χ1n) is 11.7. The van der Waals surface area contributed by atoms with Crippen molar-refractivity contribution in [1.29, 1.82) is 0 Å². The maximum atomic E-state index is 12.4. The van der Waals surface area contributed by atoms with E-state index in [1.54, 1.807) is 19.2 Å². The van der Waals surface area contributed by atoms with E-state index in [-0.39, 0.29) is 42.0 Å². The van der Waals surface area contributed by atoms with Gasteiger partial charge < -0.3 is 22.8 Å². The lowest BCUT2D eigenvalue weighted by atomic mass is 10.4. The standard InChI is InChI=1S/C22H42N2O6Si2/c1-15(2)31(16(3)4)27-13-20(14-28-32(30-31,17(5)6)18(7)8)29-21(12-25)24-11-10-19(9)23-22(24)26/h10-11,15-18,20-21,25H,12-14H2,1-9H3. The monoisotopic (exact) mass is 486 g/mol. The molecule has 0 aromatic carbocycles. The SMILES string of the molecule is Cc1ccn(C(CO)OC2CO[Si](C(C)C)(C(C)C)O[Si](C(C)C)(C(C)C)OC2)c(=O)n1. The molecular weight excluding hydrogens is 444 g/mol. The molecule has 0 radical (unpaired) electrons. The van der Waals surface area contributed by atoms with Gasteiger partial charge in [0.15, 0.2) is 6.23 Å². The molecule has 1 N–H and O–H groups in total. The summed E-state index contributed by atoms with van der Waals surface area (Å²) in [5, 5.41) is 9.99. The Morgan fingerprint density at radius 2 is 1.50 bits per heavy atom. The van der Waals surface area contributed by atoms with Crippen molar-refractivity contribution < 1.29 is 22.8 Å². The molecule has 0 amide bonds. The molecule has 1 unspecified atom stereocenters. The van der Waals surface area contributed by atoms with Crippen LogP contribution < -0.4 is 5.69 Å². The smallest absolute Gasteiger partial charge is 0.349 e. The Labute approximate surface area is 194 Å². The van der Waals surface area contributed by atoms with Crippen LogP contribution in [0.25, 0.3) is 0 Å². The predicted octanol–water partition coefficient (Wildman–Crippen LogP) is 4.02. The second kappa shape index (κ2) is 11.0. The number of aliphatic hydroxyl groups is 1. The second-order valence-electron chi connectivity index (χ2n) is 9.94. The molecule has 1 aliphatic heterocycles. The van der Waals surface area contributed by atoms with Gasteiger partial charge in [-0.1, -0.05) is 55.4 Å². The van der Waals surface area contributed by atoms with Crippen LogP contribution in [0.15, 0.2) is 17.1 Å². The summed E-state index contributed by atoms with van der Waals surface area (Å²) in [6.45, 7) is 19.3. The average molecular weight is 487 g/mol. The first kappa shape index (κ1) is 27.4. The van der Waals surface area contributed by atoms with Crippen LogP contribution in [0, 0.1) is 6.92 Å². The minimum Gasteiger partial charge on any atom is -0.414 e. The first-order valence-corrected chi connectivity index (χ1v) is 15.6. The molecule has 0 bridgehead atoms. The minimum atomic E-state index is -2.67. The van der Waals surface area contributed by atoms with Gasteiger partial charge in [-0.2, -0.15) is 4.98 Å². The highest BCUT2D eigenvalue weighted by Crippen LogP contribution is 2.45. The summed E-state index contributed by atoms with van der Waals surface area (Å²) in [5.74, 6) is 0. The molecular formula is C22H42N2O6Si2. The molecule has 10 heteroatoms. The summed E-state index contributed by atoms with van der Waals surface area (Å²) in [6.07, 6.45) is 0.288. The van der Waals surface area contributed by atoms with Crippen LogP contribution >= 0.6 is 0 Å². The molecule has 1 aliphatic rings. The van der Waals surface area contributed by atoms with E-state index in [1.165, 1.54) is 4.57 Å². The quantitative estimate of drug-likeness (QED) is 0.555. The molecule has 1 atom stereocenters. The molecule has 1 fully saturated rings. The van der Waals surface area contributed by atoms with Crippen molar-refractivity contribution in [2.24, 2.45) is 0 Å². The van der Waals surface area contributed by atoms with Gasteiger partial charge in [0.25, 0.3) is 0 Å². The van der Waals surface area contributed by atoms with Gasteiger partial charge in [-0.3, -0.25) is 4.57 Å². The summed E-state index contributed by atoms with van der Waals surface area (Å²) >= 11 is 0. The van der Waals surface area contributed by atoms with Gasteiger partial charge in [0.05, 0.1) is 19.8 Å². The Bertz CT molecular complexity index is 753. The number of aliphatic hydroxyl groups excluding tert-OH is 1. The van der Waals surface area contributed by atoms with Crippen molar-refractivity contribution in [3.8, 4) is 0 Å². The van der Waals surface area contributed by atoms with Gasteiger partial charge in [0, 0.05) is 11.9 Å². The maximum Gasteiger partial charge on any atom is 0.349 e. The molecule has 32 heavy (non-hydrogen) atoms. The van der Waals surface area contributed by atoms with Crippen molar-refractivity contribution in [2.45, 2.75) is 96.8 Å². The normalized spacial score (nSPS) is 20.7. The van der Waals surface area contributed by atoms with E-state index in [2.05, 4.69) is 60.4 Å². The van der Waals surface area contributed by atoms with Crippen molar-refractivity contribution in [1.82, 2.24) is 9.55 Å². The number of hydrogen-bond donors (Lipinski definition) is 1. The van der Waals surface area contributed by atoms with Gasteiger partial charge in [0.2, 0.25) is 0 Å². The molecule has 1 saturated heterocycles. The molecule has 1 aromatic heterocycles. The Hall–Kier alpha value is -0.886. The lowest BCUT2D eigenvalue weighted by molar-refractivity contribution is -0.118. The van der Waals surface area contributed by atoms with Gasteiger partial charge in [-0.05, 0) is 35.2 Å². The fourth-order valence-corrected chi connectivity index (χ4v) is 15.6. The third kappa shape index (κ3) is 5.60. The van der Waals surface area contributed by atoms with E-state index in [0.29, 0.717) is 5.69 Å². The van der Waals surface area contributed by atoms with Gasteiger partial charge in [-0.15, -0.1) is 0 Å². The van der Waals surface area contributed by atoms with Crippen LogP contribution in [0.1, 0.15) is 67.3 Å². The third-order valence-corrected chi connectivity index (χ3v) is 16.5. The fourth-order valence-electron chi connectivity index (χ4n) is 4.49. The van der Waals surface area contributed by atoms with Gasteiger partial charge in [0.1, 0.15) is 6.10 Å². The van der Waals surface area contributed by atoms with Crippen LogP contribution in [-0.4, -0.2) is 57.7 Å². The van der Waals surface area contributed by atoms with Crippen LogP contribution in [0.2, 0.25) is 22.2 Å². The highest BCUT2D eigenvalue weighted by atomic mass is 28.5. The van der Waals surface area contributed by atoms with Gasteiger partial charge in [-0.25, -0.2) is 4.79 Å². The van der Waals surface area contributed by atoms with E-state index in [4.69, 9.17) is 17.7 Å². The third-order valence-electron chi connectivity index (χ3n) is 6.31. The predicted molar refractivity (Wildman–Crippen MR) is 129 cm³/mol. The largest absolute Gasteiger partial charge is 0.414 e. The molecule has 2 rings (SSSR count). The second-order valence-corrected chi connectivity index (χ2v) is 18.8.